The lowest BCUT2D eigenvalue weighted by Gasteiger charge is -2.17. The molecule has 0 aliphatic carbocycles. The zero-order valence-corrected chi connectivity index (χ0v) is 9.21. The Hall–Kier alpha value is -1.56. The van der Waals surface area contributed by atoms with E-state index >= 15 is 0 Å². The van der Waals surface area contributed by atoms with Crippen LogP contribution in [0.1, 0.15) is 20.8 Å². The topological polar surface area (TPSA) is 44.1 Å². The van der Waals surface area contributed by atoms with Gasteiger partial charge in [0, 0.05) is 24.7 Å². The molecule has 0 saturated heterocycles. The van der Waals surface area contributed by atoms with E-state index < -0.39 is 0 Å². The summed E-state index contributed by atoms with van der Waals surface area (Å²) in [6.45, 7) is 13.9. The van der Waals surface area contributed by atoms with Crippen LogP contribution < -0.4 is 0 Å². The fourth-order valence-corrected chi connectivity index (χ4v) is 0.781. The molecule has 1 amide bonds. The number of likely N-dealkylation sites (N-methyl/N-ethyl adjacent to an activating group) is 1. The van der Waals surface area contributed by atoms with Gasteiger partial charge in [0.25, 0.3) is 0 Å². The zero-order chi connectivity index (χ0) is 11.6. The van der Waals surface area contributed by atoms with Crippen LogP contribution in [0.25, 0.3) is 0 Å². The monoisotopic (exact) mass is 194 g/mol. The quantitative estimate of drug-likeness (QED) is 0.510. The molecule has 0 aromatic carbocycles. The lowest BCUT2D eigenvalue weighted by molar-refractivity contribution is -0.126. The molecule has 0 atom stereocenters. The molecule has 0 radical (unpaired) electrons. The molecule has 0 N–H and O–H groups in total. The van der Waals surface area contributed by atoms with Gasteiger partial charge in [-0.05, 0) is 20.8 Å². The molecular formula is C11H18N2O. The normalized spacial score (nSPS) is 7.57. The number of carbonyl (C=O) groups excluding carboxylic acids is 1. The van der Waals surface area contributed by atoms with Crippen LogP contribution >= 0.6 is 0 Å². The minimum absolute atomic E-state index is 0.0602. The van der Waals surface area contributed by atoms with Crippen molar-refractivity contribution in [2.45, 2.75) is 20.8 Å². The SMILES string of the molecule is C=C(C)C(=O)N(CC)CC.C=CC#N. The molecule has 0 aromatic heterocycles. The van der Waals surface area contributed by atoms with Gasteiger partial charge in [0.2, 0.25) is 5.91 Å². The van der Waals surface area contributed by atoms with Crippen molar-refractivity contribution in [3.63, 3.8) is 0 Å². The summed E-state index contributed by atoms with van der Waals surface area (Å²) in [4.78, 5) is 12.9. The van der Waals surface area contributed by atoms with E-state index in [0.29, 0.717) is 5.57 Å². The summed E-state index contributed by atoms with van der Waals surface area (Å²) in [5.74, 6) is 0.0602. The molecule has 0 aliphatic heterocycles. The first-order valence-electron chi connectivity index (χ1n) is 4.50. The Morgan fingerprint density at radius 1 is 1.50 bits per heavy atom. The summed E-state index contributed by atoms with van der Waals surface area (Å²) in [5, 5.41) is 7.51. The van der Waals surface area contributed by atoms with E-state index in [1.165, 1.54) is 6.08 Å². The van der Waals surface area contributed by atoms with Gasteiger partial charge in [-0.15, -0.1) is 0 Å². The minimum atomic E-state index is 0.0602. The molecule has 0 aliphatic rings. The Morgan fingerprint density at radius 2 is 1.86 bits per heavy atom. The van der Waals surface area contributed by atoms with Crippen LogP contribution in [0.15, 0.2) is 24.8 Å². The Kier molecular flexibility index (Phi) is 10.2. The molecule has 78 valence electrons. The number of hydrogen-bond acceptors (Lipinski definition) is 2. The second kappa shape index (κ2) is 9.53. The number of allylic oxidation sites excluding steroid dienone is 1. The fraction of sp³-hybridized carbons (Fsp3) is 0.455. The van der Waals surface area contributed by atoms with Gasteiger partial charge in [0.05, 0.1) is 6.07 Å². The van der Waals surface area contributed by atoms with Crippen LogP contribution in [0.2, 0.25) is 0 Å². The fourth-order valence-electron chi connectivity index (χ4n) is 0.781. The first-order valence-corrected chi connectivity index (χ1v) is 4.50. The maximum absolute atomic E-state index is 11.1. The summed E-state index contributed by atoms with van der Waals surface area (Å²) < 4.78 is 0. The maximum atomic E-state index is 11.1. The summed E-state index contributed by atoms with van der Waals surface area (Å²) >= 11 is 0. The predicted molar refractivity (Wildman–Crippen MR) is 58.6 cm³/mol. The van der Waals surface area contributed by atoms with Crippen LogP contribution in [-0.4, -0.2) is 23.9 Å². The average molecular weight is 194 g/mol. The van der Waals surface area contributed by atoms with E-state index in [1.807, 2.05) is 13.8 Å². The highest BCUT2D eigenvalue weighted by atomic mass is 16.2. The van der Waals surface area contributed by atoms with Crippen molar-refractivity contribution in [3.05, 3.63) is 24.8 Å². The number of hydrogen-bond donors (Lipinski definition) is 0. The van der Waals surface area contributed by atoms with E-state index in [9.17, 15) is 4.79 Å². The molecular weight excluding hydrogens is 176 g/mol. The third-order valence-corrected chi connectivity index (χ3v) is 1.51. The molecule has 0 rings (SSSR count). The van der Waals surface area contributed by atoms with Crippen LogP contribution in [0.3, 0.4) is 0 Å². The van der Waals surface area contributed by atoms with E-state index in [2.05, 4.69) is 13.2 Å². The van der Waals surface area contributed by atoms with Crippen molar-refractivity contribution in [3.8, 4) is 6.07 Å². The third kappa shape index (κ3) is 7.11. The van der Waals surface area contributed by atoms with Crippen molar-refractivity contribution < 1.29 is 4.79 Å². The molecule has 0 fully saturated rings. The maximum Gasteiger partial charge on any atom is 0.248 e. The number of amides is 1. The molecule has 0 heterocycles. The first-order chi connectivity index (χ1) is 6.54. The van der Waals surface area contributed by atoms with Gasteiger partial charge in [-0.3, -0.25) is 4.79 Å². The number of nitriles is 1. The van der Waals surface area contributed by atoms with E-state index in [1.54, 1.807) is 17.9 Å². The number of nitrogens with zero attached hydrogens (tertiary/aromatic N) is 2. The molecule has 0 bridgehead atoms. The molecule has 3 nitrogen and oxygen atoms in total. The van der Waals surface area contributed by atoms with Gasteiger partial charge >= 0.3 is 0 Å². The number of carbonyl (C=O) groups is 1. The van der Waals surface area contributed by atoms with E-state index in [0.717, 1.165) is 13.1 Å². The zero-order valence-electron chi connectivity index (χ0n) is 9.21. The lowest BCUT2D eigenvalue weighted by atomic mass is 10.3. The highest BCUT2D eigenvalue weighted by Gasteiger charge is 2.08. The molecule has 0 unspecified atom stereocenters. The highest BCUT2D eigenvalue weighted by Crippen LogP contribution is 1.96. The Labute approximate surface area is 86.3 Å². The smallest absolute Gasteiger partial charge is 0.248 e. The Balaban J connectivity index is 0. The average Bonchev–Trinajstić information content (AvgIpc) is 2.19. The van der Waals surface area contributed by atoms with Crippen molar-refractivity contribution in [2.24, 2.45) is 0 Å². The van der Waals surface area contributed by atoms with Gasteiger partial charge in [-0.25, -0.2) is 0 Å². The van der Waals surface area contributed by atoms with Gasteiger partial charge in [0.15, 0.2) is 0 Å². The van der Waals surface area contributed by atoms with Gasteiger partial charge in [-0.2, -0.15) is 5.26 Å². The summed E-state index contributed by atoms with van der Waals surface area (Å²) in [5.41, 5.74) is 0.615. The number of rotatable bonds is 3. The Morgan fingerprint density at radius 3 is 1.93 bits per heavy atom. The van der Waals surface area contributed by atoms with Crippen LogP contribution in [0, 0.1) is 11.3 Å². The highest BCUT2D eigenvalue weighted by molar-refractivity contribution is 5.92. The standard InChI is InChI=1S/C8H15NO.C3H3N/c1-5-9(6-2)8(10)7(3)4;1-2-3-4/h3,5-6H2,1-2,4H3;2H,1H2. The molecule has 0 saturated carbocycles. The van der Waals surface area contributed by atoms with Crippen LogP contribution in [0.4, 0.5) is 0 Å². The largest absolute Gasteiger partial charge is 0.340 e. The summed E-state index contributed by atoms with van der Waals surface area (Å²) in [6.07, 6.45) is 1.18. The van der Waals surface area contributed by atoms with Crippen molar-refractivity contribution in [1.82, 2.24) is 4.90 Å². The molecule has 0 spiro atoms. The van der Waals surface area contributed by atoms with Crippen molar-refractivity contribution in [2.75, 3.05) is 13.1 Å². The van der Waals surface area contributed by atoms with E-state index in [4.69, 9.17) is 5.26 Å². The second-order valence-corrected chi connectivity index (χ2v) is 2.59. The summed E-state index contributed by atoms with van der Waals surface area (Å²) in [6, 6.07) is 1.69. The minimum Gasteiger partial charge on any atom is -0.340 e. The lowest BCUT2D eigenvalue weighted by Crippen LogP contribution is -2.30. The van der Waals surface area contributed by atoms with Gasteiger partial charge in [-0.1, -0.05) is 13.2 Å². The Bertz CT molecular complexity index is 234. The van der Waals surface area contributed by atoms with Crippen LogP contribution in [0.5, 0.6) is 0 Å². The predicted octanol–water partition coefficient (Wildman–Crippen LogP) is 2.13. The van der Waals surface area contributed by atoms with Gasteiger partial charge < -0.3 is 4.90 Å². The molecule has 0 aromatic rings. The van der Waals surface area contributed by atoms with Crippen LogP contribution in [-0.2, 0) is 4.79 Å². The van der Waals surface area contributed by atoms with E-state index in [-0.39, 0.29) is 5.91 Å². The van der Waals surface area contributed by atoms with Gasteiger partial charge in [0.1, 0.15) is 0 Å². The molecule has 3 heteroatoms. The van der Waals surface area contributed by atoms with Crippen molar-refractivity contribution >= 4 is 5.91 Å². The first kappa shape index (κ1) is 14.9. The molecule has 14 heavy (non-hydrogen) atoms. The second-order valence-electron chi connectivity index (χ2n) is 2.59. The van der Waals surface area contributed by atoms with Crippen molar-refractivity contribution in [1.29, 1.82) is 5.26 Å². The summed E-state index contributed by atoms with van der Waals surface area (Å²) in [7, 11) is 0. The third-order valence-electron chi connectivity index (χ3n) is 1.51.